The van der Waals surface area contributed by atoms with Gasteiger partial charge >= 0.3 is 5.91 Å². The molecule has 0 fully saturated rings. The zero-order valence-corrected chi connectivity index (χ0v) is 23.5. The number of nitrogens with one attached hydrogen (secondary N) is 1. The van der Waals surface area contributed by atoms with Crippen LogP contribution in [0.3, 0.4) is 0 Å². The van der Waals surface area contributed by atoms with Crippen molar-refractivity contribution >= 4 is 77.5 Å². The summed E-state index contributed by atoms with van der Waals surface area (Å²) >= 11 is 9.16. The summed E-state index contributed by atoms with van der Waals surface area (Å²) < 4.78 is 19.7. The fourth-order valence-corrected chi connectivity index (χ4v) is 5.55. The minimum Gasteiger partial charge on any atom is -0.493 e. The Morgan fingerprint density at radius 2 is 2.00 bits per heavy atom. The number of fused-ring (bicyclic) bond motifs is 1. The van der Waals surface area contributed by atoms with Crippen molar-refractivity contribution in [1.29, 1.82) is 0 Å². The maximum Gasteiger partial charge on any atom is 0.307 e. The van der Waals surface area contributed by atoms with Crippen LogP contribution < -0.4 is 14.9 Å². The quantitative estimate of drug-likeness (QED) is 0.126. The van der Waals surface area contributed by atoms with Crippen molar-refractivity contribution in [2.24, 2.45) is 5.10 Å². The van der Waals surface area contributed by atoms with Gasteiger partial charge in [-0.1, -0.05) is 45.8 Å². The number of hydrogen-bond donors (Lipinski definition) is 1. The molecule has 6 nitrogen and oxygen atoms in total. The Morgan fingerprint density at radius 1 is 1.18 bits per heavy atom. The van der Waals surface area contributed by atoms with E-state index in [9.17, 15) is 4.79 Å². The number of carbonyl (C=O) groups is 1. The number of amides is 1. The van der Waals surface area contributed by atoms with E-state index in [-0.39, 0.29) is 5.76 Å². The predicted molar refractivity (Wildman–Crippen MR) is 148 cm³/mol. The Kier molecular flexibility index (Phi) is 7.95. The second kappa shape index (κ2) is 10.9. The summed E-state index contributed by atoms with van der Waals surface area (Å²) in [7, 11) is 1.57. The third-order valence-corrected chi connectivity index (χ3v) is 6.70. The highest BCUT2D eigenvalue weighted by atomic mass is 127. The number of carbonyl (C=O) groups excluding carboxylic acids is 1. The molecule has 0 aliphatic rings. The SMILES string of the molecule is COc1cc(/C=N\NC(=O)c2cc3cc(Br)cc(I)c3o2)cc(Br)c1OCc1cccc(C)c1. The first-order valence-corrected chi connectivity index (χ1v) is 12.8. The topological polar surface area (TPSA) is 73.1 Å². The number of halogens is 3. The van der Waals surface area contributed by atoms with Crippen LogP contribution in [0.2, 0.25) is 0 Å². The minimum atomic E-state index is -0.441. The Hall–Kier alpha value is -2.37. The average Bonchev–Trinajstić information content (AvgIpc) is 3.22. The molecule has 0 saturated carbocycles. The van der Waals surface area contributed by atoms with Crippen molar-refractivity contribution in [2.45, 2.75) is 13.5 Å². The molecule has 0 aliphatic heterocycles. The van der Waals surface area contributed by atoms with Gasteiger partial charge in [-0.3, -0.25) is 4.79 Å². The molecule has 0 saturated heterocycles. The van der Waals surface area contributed by atoms with Gasteiger partial charge in [0.1, 0.15) is 12.2 Å². The molecule has 34 heavy (non-hydrogen) atoms. The third kappa shape index (κ3) is 5.81. The van der Waals surface area contributed by atoms with E-state index < -0.39 is 5.91 Å². The van der Waals surface area contributed by atoms with Crippen LogP contribution in [0.25, 0.3) is 11.0 Å². The molecule has 4 aromatic rings. The molecule has 1 heterocycles. The number of ether oxygens (including phenoxy) is 2. The summed E-state index contributed by atoms with van der Waals surface area (Å²) in [6, 6.07) is 17.3. The van der Waals surface area contributed by atoms with E-state index in [0.29, 0.717) is 28.2 Å². The van der Waals surface area contributed by atoms with Crippen LogP contribution in [0.5, 0.6) is 11.5 Å². The number of rotatable bonds is 7. The standard InChI is InChI=1S/C25H19Br2IN2O4/c1-14-4-3-5-15(6-14)13-33-24-19(27)7-16(8-21(24)32-2)12-29-30-25(31)22-10-17-9-18(26)11-20(28)23(17)34-22/h3-12H,13H2,1-2H3,(H,30,31)/b29-12-. The zero-order chi connectivity index (χ0) is 24.2. The maximum absolute atomic E-state index is 12.5. The number of hydrogen-bond acceptors (Lipinski definition) is 5. The molecule has 0 aliphatic carbocycles. The molecule has 9 heteroatoms. The van der Waals surface area contributed by atoms with Crippen molar-refractivity contribution < 1.29 is 18.7 Å². The van der Waals surface area contributed by atoms with E-state index in [4.69, 9.17) is 13.9 Å². The molecule has 4 rings (SSSR count). The molecular formula is C25H19Br2IN2O4. The predicted octanol–water partition coefficient (Wildman–Crippen LogP) is 7.22. The highest BCUT2D eigenvalue weighted by molar-refractivity contribution is 14.1. The molecule has 0 spiro atoms. The summed E-state index contributed by atoms with van der Waals surface area (Å²) in [5.74, 6) is 0.880. The third-order valence-electron chi connectivity index (χ3n) is 4.86. The average molecular weight is 698 g/mol. The normalized spacial score (nSPS) is 11.2. The number of hydrazone groups is 1. The second-order valence-electron chi connectivity index (χ2n) is 7.43. The molecule has 1 amide bonds. The number of aryl methyl sites for hydroxylation is 1. The molecular weight excluding hydrogens is 679 g/mol. The van der Waals surface area contributed by atoms with Gasteiger partial charge in [0.15, 0.2) is 17.3 Å². The Balaban J connectivity index is 1.46. The monoisotopic (exact) mass is 696 g/mol. The Bertz CT molecular complexity index is 1400. The van der Waals surface area contributed by atoms with Gasteiger partial charge in [0.25, 0.3) is 0 Å². The molecule has 0 radical (unpaired) electrons. The van der Waals surface area contributed by atoms with E-state index >= 15 is 0 Å². The van der Waals surface area contributed by atoms with Gasteiger partial charge in [-0.15, -0.1) is 0 Å². The fraction of sp³-hybridized carbons (Fsp3) is 0.120. The lowest BCUT2D eigenvalue weighted by atomic mass is 10.1. The number of nitrogens with zero attached hydrogens (tertiary/aromatic N) is 1. The lowest BCUT2D eigenvalue weighted by molar-refractivity contribution is 0.0929. The first kappa shape index (κ1) is 24.7. The molecule has 1 N–H and O–H groups in total. The van der Waals surface area contributed by atoms with Gasteiger partial charge in [0, 0.05) is 9.86 Å². The fourth-order valence-electron chi connectivity index (χ4n) is 3.32. The van der Waals surface area contributed by atoms with Gasteiger partial charge in [0.2, 0.25) is 0 Å². The van der Waals surface area contributed by atoms with Gasteiger partial charge in [-0.2, -0.15) is 5.10 Å². The van der Waals surface area contributed by atoms with Crippen LogP contribution >= 0.6 is 54.5 Å². The minimum absolute atomic E-state index is 0.182. The number of furan rings is 1. The van der Waals surface area contributed by atoms with Gasteiger partial charge in [-0.05, 0) is 86.9 Å². The van der Waals surface area contributed by atoms with E-state index in [1.165, 1.54) is 11.8 Å². The van der Waals surface area contributed by atoms with Gasteiger partial charge in [0.05, 0.1) is 21.4 Å². The van der Waals surface area contributed by atoms with E-state index in [0.717, 1.165) is 24.6 Å². The van der Waals surface area contributed by atoms with Crippen LogP contribution in [-0.4, -0.2) is 19.2 Å². The summed E-state index contributed by atoms with van der Waals surface area (Å²) in [5, 5.41) is 4.90. The van der Waals surface area contributed by atoms with Crippen molar-refractivity contribution in [3.8, 4) is 11.5 Å². The molecule has 174 valence electrons. The van der Waals surface area contributed by atoms with Crippen LogP contribution in [0, 0.1) is 10.5 Å². The van der Waals surface area contributed by atoms with Gasteiger partial charge < -0.3 is 13.9 Å². The molecule has 0 atom stereocenters. The lowest BCUT2D eigenvalue weighted by Gasteiger charge is -2.13. The lowest BCUT2D eigenvalue weighted by Crippen LogP contribution is -2.16. The summed E-state index contributed by atoms with van der Waals surface area (Å²) in [4.78, 5) is 12.5. The molecule has 0 bridgehead atoms. The van der Waals surface area contributed by atoms with Crippen LogP contribution in [-0.2, 0) is 6.61 Å². The molecule has 0 unspecified atom stereocenters. The number of methoxy groups -OCH3 is 1. The second-order valence-corrected chi connectivity index (χ2v) is 10.4. The highest BCUT2D eigenvalue weighted by Gasteiger charge is 2.15. The molecule has 3 aromatic carbocycles. The van der Waals surface area contributed by atoms with E-state index in [1.807, 2.05) is 43.3 Å². The number of benzene rings is 3. The summed E-state index contributed by atoms with van der Waals surface area (Å²) in [6.45, 7) is 2.45. The summed E-state index contributed by atoms with van der Waals surface area (Å²) in [6.07, 6.45) is 1.53. The van der Waals surface area contributed by atoms with Crippen LogP contribution in [0.4, 0.5) is 0 Å². The smallest absolute Gasteiger partial charge is 0.307 e. The van der Waals surface area contributed by atoms with Crippen LogP contribution in [0.15, 0.2) is 73.1 Å². The van der Waals surface area contributed by atoms with Crippen molar-refractivity contribution in [3.05, 3.63) is 89.6 Å². The highest BCUT2D eigenvalue weighted by Crippen LogP contribution is 2.37. The zero-order valence-electron chi connectivity index (χ0n) is 18.2. The Morgan fingerprint density at radius 3 is 2.76 bits per heavy atom. The van der Waals surface area contributed by atoms with Crippen LogP contribution in [0.1, 0.15) is 27.2 Å². The van der Waals surface area contributed by atoms with Crippen molar-refractivity contribution in [1.82, 2.24) is 5.43 Å². The first-order chi connectivity index (χ1) is 16.3. The summed E-state index contributed by atoms with van der Waals surface area (Å²) in [5.41, 5.74) is 6.12. The maximum atomic E-state index is 12.5. The van der Waals surface area contributed by atoms with Crippen molar-refractivity contribution in [2.75, 3.05) is 7.11 Å². The molecule has 1 aromatic heterocycles. The first-order valence-electron chi connectivity index (χ1n) is 10.1. The van der Waals surface area contributed by atoms with E-state index in [2.05, 4.69) is 71.0 Å². The van der Waals surface area contributed by atoms with E-state index in [1.54, 1.807) is 19.2 Å². The largest absolute Gasteiger partial charge is 0.493 e. The van der Waals surface area contributed by atoms with Gasteiger partial charge in [-0.25, -0.2) is 5.43 Å². The Labute approximate surface area is 227 Å². The van der Waals surface area contributed by atoms with Crippen molar-refractivity contribution in [3.63, 3.8) is 0 Å².